The second kappa shape index (κ2) is 4.03. The zero-order valence-electron chi connectivity index (χ0n) is 13.7. The SMILES string of the molecule is C[C@@]12C(=O)O[C@]3(CC[C@@H]1O)[C@@H]1CC[C@@H]4C[C@]1(CC4=O)[C@@H](C(=O)O)[C@@H]32. The number of esters is 1. The maximum atomic E-state index is 12.7. The van der Waals surface area contributed by atoms with Crippen LogP contribution in [0.4, 0.5) is 0 Å². The number of fused-ring (bicyclic) bond motifs is 1. The van der Waals surface area contributed by atoms with E-state index in [1.165, 1.54) is 0 Å². The van der Waals surface area contributed by atoms with Crippen molar-refractivity contribution >= 4 is 17.7 Å². The van der Waals surface area contributed by atoms with Gasteiger partial charge in [0.15, 0.2) is 0 Å². The Morgan fingerprint density at radius 3 is 2.71 bits per heavy atom. The summed E-state index contributed by atoms with van der Waals surface area (Å²) < 4.78 is 5.93. The molecule has 8 atom stereocenters. The lowest BCUT2D eigenvalue weighted by Gasteiger charge is -2.44. The number of aliphatic carboxylic acids is 1. The van der Waals surface area contributed by atoms with E-state index < -0.39 is 46.3 Å². The molecule has 1 aliphatic heterocycles. The summed E-state index contributed by atoms with van der Waals surface area (Å²) in [5, 5.41) is 20.6. The fourth-order valence-corrected chi connectivity index (χ4v) is 7.49. The topological polar surface area (TPSA) is 101 Å². The van der Waals surface area contributed by atoms with Crippen molar-refractivity contribution in [3.63, 3.8) is 0 Å². The first-order valence-corrected chi connectivity index (χ1v) is 8.94. The summed E-state index contributed by atoms with van der Waals surface area (Å²) in [6.45, 7) is 1.67. The number of carboxylic acid groups (broad SMARTS) is 1. The normalized spacial score (nSPS) is 57.5. The van der Waals surface area contributed by atoms with E-state index in [2.05, 4.69) is 0 Å². The molecule has 130 valence electrons. The molecule has 6 nitrogen and oxygen atoms in total. The standard InChI is InChI=1S/C18H22O6/c1-16-11(20)4-5-18(24-15(16)23)10-3-2-8-6-17(10,7-9(8)19)12(13(16)18)14(21)22/h8,10-13,20H,2-7H2,1H3,(H,21,22)/t8-,10-,11+,12-,13-,16-,17-,18-/m1/s1. The number of rotatable bonds is 1. The first kappa shape index (κ1) is 14.9. The van der Waals surface area contributed by atoms with Crippen molar-refractivity contribution in [1.29, 1.82) is 0 Å². The molecule has 2 N–H and O–H groups in total. The fraction of sp³-hybridized carbons (Fsp3) is 0.833. The first-order valence-electron chi connectivity index (χ1n) is 8.94. The van der Waals surface area contributed by atoms with Crippen LogP contribution in [0.15, 0.2) is 0 Å². The molecule has 1 saturated heterocycles. The maximum Gasteiger partial charge on any atom is 0.315 e. The lowest BCUT2D eigenvalue weighted by atomic mass is 9.59. The van der Waals surface area contributed by atoms with Crippen LogP contribution in [0.2, 0.25) is 0 Å². The maximum absolute atomic E-state index is 12.7. The Kier molecular flexibility index (Phi) is 2.50. The average Bonchev–Trinajstić information content (AvgIpc) is 2.98. The number of ketones is 1. The Balaban J connectivity index is 1.76. The predicted molar refractivity (Wildman–Crippen MR) is 79.7 cm³/mol. The van der Waals surface area contributed by atoms with Crippen LogP contribution in [-0.2, 0) is 19.1 Å². The number of ether oxygens (including phenoxy) is 1. The third kappa shape index (κ3) is 1.28. The highest BCUT2D eigenvalue weighted by molar-refractivity contribution is 5.89. The van der Waals surface area contributed by atoms with E-state index in [9.17, 15) is 24.6 Å². The third-order valence-corrected chi connectivity index (χ3v) is 8.29. The van der Waals surface area contributed by atoms with Gasteiger partial charge in [0.05, 0.1) is 17.4 Å². The second-order valence-electron chi connectivity index (χ2n) is 8.88. The minimum atomic E-state index is -1.17. The van der Waals surface area contributed by atoms with Crippen molar-refractivity contribution in [1.82, 2.24) is 0 Å². The van der Waals surface area contributed by atoms with E-state index in [0.29, 0.717) is 25.7 Å². The molecule has 1 spiro atoms. The summed E-state index contributed by atoms with van der Waals surface area (Å²) in [4.78, 5) is 37.4. The molecule has 24 heavy (non-hydrogen) atoms. The summed E-state index contributed by atoms with van der Waals surface area (Å²) in [6.07, 6.45) is 2.50. The highest BCUT2D eigenvalue weighted by atomic mass is 16.6. The molecule has 0 radical (unpaired) electrons. The number of aliphatic hydroxyl groups excluding tert-OH is 1. The quantitative estimate of drug-likeness (QED) is 0.698. The zero-order chi connectivity index (χ0) is 17.1. The molecular weight excluding hydrogens is 312 g/mol. The van der Waals surface area contributed by atoms with E-state index >= 15 is 0 Å². The Morgan fingerprint density at radius 2 is 2.00 bits per heavy atom. The Morgan fingerprint density at radius 1 is 1.25 bits per heavy atom. The van der Waals surface area contributed by atoms with Crippen LogP contribution in [-0.4, -0.2) is 39.6 Å². The van der Waals surface area contributed by atoms with E-state index in [0.717, 1.165) is 12.8 Å². The number of hydrogen-bond acceptors (Lipinski definition) is 5. The molecule has 5 fully saturated rings. The number of carbonyl (C=O) groups is 3. The minimum Gasteiger partial charge on any atom is -0.481 e. The largest absolute Gasteiger partial charge is 0.481 e. The highest BCUT2D eigenvalue weighted by Gasteiger charge is 2.83. The van der Waals surface area contributed by atoms with Crippen LogP contribution in [0.1, 0.15) is 45.4 Å². The van der Waals surface area contributed by atoms with Crippen LogP contribution >= 0.6 is 0 Å². The Bertz CT molecular complexity index is 687. The molecule has 5 rings (SSSR count). The van der Waals surface area contributed by atoms with Crippen LogP contribution < -0.4 is 0 Å². The molecule has 4 aliphatic carbocycles. The van der Waals surface area contributed by atoms with Crippen molar-refractivity contribution in [2.45, 2.75) is 57.2 Å². The highest BCUT2D eigenvalue weighted by Crippen LogP contribution is 2.76. The summed E-state index contributed by atoms with van der Waals surface area (Å²) >= 11 is 0. The molecule has 1 heterocycles. The van der Waals surface area contributed by atoms with Gasteiger partial charge in [-0.15, -0.1) is 0 Å². The molecule has 0 amide bonds. The Hall–Kier alpha value is -1.43. The van der Waals surface area contributed by atoms with Gasteiger partial charge in [0.2, 0.25) is 0 Å². The van der Waals surface area contributed by atoms with Crippen molar-refractivity contribution in [3.05, 3.63) is 0 Å². The Labute approximate surface area is 139 Å². The molecule has 4 bridgehead atoms. The van der Waals surface area contributed by atoms with E-state index in [4.69, 9.17) is 4.74 Å². The average molecular weight is 334 g/mol. The van der Waals surface area contributed by atoms with Gasteiger partial charge in [-0.3, -0.25) is 14.4 Å². The summed E-state index contributed by atoms with van der Waals surface area (Å²) in [5.41, 5.74) is -2.57. The summed E-state index contributed by atoms with van der Waals surface area (Å²) in [5.74, 6) is -2.65. The van der Waals surface area contributed by atoms with Crippen molar-refractivity contribution < 1.29 is 29.3 Å². The summed E-state index contributed by atoms with van der Waals surface area (Å²) in [7, 11) is 0. The lowest BCUT2D eigenvalue weighted by Crippen LogP contribution is -2.53. The molecular formula is C18H22O6. The molecule has 4 saturated carbocycles. The lowest BCUT2D eigenvalue weighted by molar-refractivity contribution is -0.162. The van der Waals surface area contributed by atoms with Gasteiger partial charge in [0, 0.05) is 24.2 Å². The fourth-order valence-electron chi connectivity index (χ4n) is 7.49. The molecule has 0 aromatic rings. The van der Waals surface area contributed by atoms with Gasteiger partial charge in [0.25, 0.3) is 0 Å². The van der Waals surface area contributed by atoms with Gasteiger partial charge in [-0.25, -0.2) is 0 Å². The predicted octanol–water partition coefficient (Wildman–Crippen LogP) is 1.15. The van der Waals surface area contributed by atoms with Gasteiger partial charge in [-0.1, -0.05) is 0 Å². The number of Topliss-reactive ketones (excluding diaryl/α,β-unsaturated/α-hetero) is 1. The van der Waals surface area contributed by atoms with Gasteiger partial charge in [-0.05, 0) is 44.4 Å². The van der Waals surface area contributed by atoms with Gasteiger partial charge >= 0.3 is 11.9 Å². The minimum absolute atomic E-state index is 0.0355. The van der Waals surface area contributed by atoms with Crippen molar-refractivity contribution in [2.75, 3.05) is 0 Å². The molecule has 0 aromatic heterocycles. The summed E-state index contributed by atoms with van der Waals surface area (Å²) in [6, 6.07) is 0. The number of hydrogen-bond donors (Lipinski definition) is 2. The number of aliphatic hydroxyl groups is 1. The van der Waals surface area contributed by atoms with Gasteiger partial charge in [-0.2, -0.15) is 0 Å². The van der Waals surface area contributed by atoms with E-state index in [-0.39, 0.29) is 17.6 Å². The molecule has 0 unspecified atom stereocenters. The molecule has 6 heteroatoms. The number of carboxylic acids is 1. The third-order valence-electron chi connectivity index (χ3n) is 8.29. The monoisotopic (exact) mass is 334 g/mol. The van der Waals surface area contributed by atoms with Gasteiger partial charge < -0.3 is 14.9 Å². The smallest absolute Gasteiger partial charge is 0.315 e. The van der Waals surface area contributed by atoms with Crippen LogP contribution in [0.5, 0.6) is 0 Å². The second-order valence-corrected chi connectivity index (χ2v) is 8.88. The zero-order valence-corrected chi connectivity index (χ0v) is 13.7. The van der Waals surface area contributed by atoms with Crippen molar-refractivity contribution in [3.8, 4) is 0 Å². The van der Waals surface area contributed by atoms with E-state index in [1.807, 2.05) is 0 Å². The van der Waals surface area contributed by atoms with E-state index in [1.54, 1.807) is 6.92 Å². The van der Waals surface area contributed by atoms with Gasteiger partial charge in [0.1, 0.15) is 11.4 Å². The van der Waals surface area contributed by atoms with Crippen LogP contribution in [0.3, 0.4) is 0 Å². The first-order chi connectivity index (χ1) is 11.3. The van der Waals surface area contributed by atoms with Crippen molar-refractivity contribution in [2.24, 2.45) is 34.5 Å². The molecule has 0 aromatic carbocycles. The van der Waals surface area contributed by atoms with Crippen LogP contribution in [0.25, 0.3) is 0 Å². The van der Waals surface area contributed by atoms with Crippen LogP contribution in [0, 0.1) is 34.5 Å². The number of carbonyl (C=O) groups excluding carboxylic acids is 2. The molecule has 5 aliphatic rings.